The summed E-state index contributed by atoms with van der Waals surface area (Å²) >= 11 is 0. The number of amides is 2. The van der Waals surface area contributed by atoms with Crippen molar-refractivity contribution in [2.75, 3.05) is 11.9 Å². The van der Waals surface area contributed by atoms with E-state index in [2.05, 4.69) is 10.6 Å². The van der Waals surface area contributed by atoms with Gasteiger partial charge in [-0.3, -0.25) is 0 Å². The molecule has 0 aliphatic heterocycles. The first kappa shape index (κ1) is 11.5. The van der Waals surface area contributed by atoms with Crippen molar-refractivity contribution in [2.45, 2.75) is 20.4 Å². The molecule has 1 aromatic rings. The van der Waals surface area contributed by atoms with Gasteiger partial charge in [0, 0.05) is 18.8 Å². The van der Waals surface area contributed by atoms with Crippen LogP contribution in [0.25, 0.3) is 0 Å². The highest BCUT2D eigenvalue weighted by Crippen LogP contribution is 2.16. The van der Waals surface area contributed by atoms with E-state index >= 15 is 0 Å². The van der Waals surface area contributed by atoms with Gasteiger partial charge in [-0.1, -0.05) is 17.7 Å². The average Bonchev–Trinajstić information content (AvgIpc) is 2.21. The van der Waals surface area contributed by atoms with E-state index < -0.39 is 0 Å². The molecule has 0 saturated carbocycles. The highest BCUT2D eigenvalue weighted by Gasteiger charge is 2.04. The molecule has 0 aliphatic carbocycles. The zero-order valence-electron chi connectivity index (χ0n) is 9.13. The quantitative estimate of drug-likeness (QED) is 0.704. The standard InChI is InChI=1S/C11H17N3O/c1-3-13-11(15)14-10-5-4-8(2)6-9(10)7-12/h4-6H,3,7,12H2,1-2H3,(H2,13,14,15). The van der Waals surface area contributed by atoms with Gasteiger partial charge in [0.15, 0.2) is 0 Å². The number of carbonyl (C=O) groups excluding carboxylic acids is 1. The van der Waals surface area contributed by atoms with Gasteiger partial charge in [-0.05, 0) is 25.5 Å². The van der Waals surface area contributed by atoms with Crippen LogP contribution in [-0.2, 0) is 6.54 Å². The van der Waals surface area contributed by atoms with E-state index in [-0.39, 0.29) is 6.03 Å². The molecule has 0 aromatic heterocycles. The van der Waals surface area contributed by atoms with Crippen molar-refractivity contribution < 1.29 is 4.79 Å². The highest BCUT2D eigenvalue weighted by atomic mass is 16.2. The first-order valence-corrected chi connectivity index (χ1v) is 5.01. The van der Waals surface area contributed by atoms with Gasteiger partial charge in [0.25, 0.3) is 0 Å². The third-order valence-electron chi connectivity index (χ3n) is 2.07. The number of carbonyl (C=O) groups is 1. The summed E-state index contributed by atoms with van der Waals surface area (Å²) in [6.45, 7) is 4.90. The van der Waals surface area contributed by atoms with Crippen LogP contribution >= 0.6 is 0 Å². The van der Waals surface area contributed by atoms with Gasteiger partial charge in [-0.15, -0.1) is 0 Å². The van der Waals surface area contributed by atoms with Crippen molar-refractivity contribution in [2.24, 2.45) is 5.73 Å². The SMILES string of the molecule is CCNC(=O)Nc1ccc(C)cc1CN. The van der Waals surface area contributed by atoms with Gasteiger partial charge in [0.1, 0.15) is 0 Å². The number of nitrogens with two attached hydrogens (primary N) is 1. The molecular weight excluding hydrogens is 190 g/mol. The van der Waals surface area contributed by atoms with Crippen molar-refractivity contribution in [1.29, 1.82) is 0 Å². The topological polar surface area (TPSA) is 67.2 Å². The predicted octanol–water partition coefficient (Wildman–Crippen LogP) is 1.60. The fourth-order valence-electron chi connectivity index (χ4n) is 1.34. The fraction of sp³-hybridized carbons (Fsp3) is 0.364. The number of aryl methyl sites for hydroxylation is 1. The van der Waals surface area contributed by atoms with Crippen LogP contribution in [0.1, 0.15) is 18.1 Å². The largest absolute Gasteiger partial charge is 0.338 e. The van der Waals surface area contributed by atoms with Gasteiger partial charge in [0.05, 0.1) is 0 Å². The van der Waals surface area contributed by atoms with Crippen molar-refractivity contribution in [3.05, 3.63) is 29.3 Å². The van der Waals surface area contributed by atoms with E-state index in [1.807, 2.05) is 32.0 Å². The average molecular weight is 207 g/mol. The Morgan fingerprint density at radius 2 is 2.20 bits per heavy atom. The summed E-state index contributed by atoms with van der Waals surface area (Å²) in [5.41, 5.74) is 8.45. The van der Waals surface area contributed by atoms with E-state index in [0.717, 1.165) is 16.8 Å². The number of nitrogens with one attached hydrogen (secondary N) is 2. The molecule has 0 heterocycles. The number of hydrogen-bond acceptors (Lipinski definition) is 2. The highest BCUT2D eigenvalue weighted by molar-refractivity contribution is 5.90. The Labute approximate surface area is 89.9 Å². The van der Waals surface area contributed by atoms with Crippen molar-refractivity contribution >= 4 is 11.7 Å². The summed E-state index contributed by atoms with van der Waals surface area (Å²) in [5, 5.41) is 5.43. The Balaban J connectivity index is 2.80. The Hall–Kier alpha value is -1.55. The van der Waals surface area contributed by atoms with Crippen LogP contribution in [-0.4, -0.2) is 12.6 Å². The molecule has 0 spiro atoms. The summed E-state index contributed by atoms with van der Waals surface area (Å²) in [5.74, 6) is 0. The number of hydrogen-bond donors (Lipinski definition) is 3. The Bertz CT molecular complexity index is 350. The van der Waals surface area contributed by atoms with Gasteiger partial charge in [-0.25, -0.2) is 4.79 Å². The van der Waals surface area contributed by atoms with E-state index in [4.69, 9.17) is 5.73 Å². The van der Waals surface area contributed by atoms with E-state index in [1.54, 1.807) is 0 Å². The second-order valence-electron chi connectivity index (χ2n) is 3.35. The molecule has 0 atom stereocenters. The maximum absolute atomic E-state index is 11.3. The molecular formula is C11H17N3O. The van der Waals surface area contributed by atoms with E-state index in [9.17, 15) is 4.79 Å². The molecule has 1 rings (SSSR count). The molecule has 4 nitrogen and oxygen atoms in total. The Kier molecular flexibility index (Phi) is 4.12. The van der Waals surface area contributed by atoms with Crippen LogP contribution in [0.3, 0.4) is 0 Å². The van der Waals surface area contributed by atoms with Crippen LogP contribution in [0, 0.1) is 6.92 Å². The molecule has 4 heteroatoms. The van der Waals surface area contributed by atoms with Crippen molar-refractivity contribution in [3.8, 4) is 0 Å². The lowest BCUT2D eigenvalue weighted by Gasteiger charge is -2.10. The van der Waals surface area contributed by atoms with Crippen LogP contribution in [0.2, 0.25) is 0 Å². The number of anilines is 1. The number of urea groups is 1. The van der Waals surface area contributed by atoms with Gasteiger partial charge in [-0.2, -0.15) is 0 Å². The van der Waals surface area contributed by atoms with Crippen molar-refractivity contribution in [1.82, 2.24) is 5.32 Å². The molecule has 0 fully saturated rings. The summed E-state index contributed by atoms with van der Waals surface area (Å²) in [4.78, 5) is 11.3. The summed E-state index contributed by atoms with van der Waals surface area (Å²) in [6.07, 6.45) is 0. The minimum absolute atomic E-state index is 0.198. The lowest BCUT2D eigenvalue weighted by molar-refractivity contribution is 0.252. The molecule has 1 aromatic carbocycles. The van der Waals surface area contributed by atoms with Gasteiger partial charge < -0.3 is 16.4 Å². The second-order valence-corrected chi connectivity index (χ2v) is 3.35. The lowest BCUT2D eigenvalue weighted by Crippen LogP contribution is -2.28. The van der Waals surface area contributed by atoms with E-state index in [0.29, 0.717) is 13.1 Å². The van der Waals surface area contributed by atoms with Crippen LogP contribution in [0.15, 0.2) is 18.2 Å². The van der Waals surface area contributed by atoms with Crippen molar-refractivity contribution in [3.63, 3.8) is 0 Å². The molecule has 15 heavy (non-hydrogen) atoms. The minimum atomic E-state index is -0.198. The normalized spacial score (nSPS) is 9.80. The van der Waals surface area contributed by atoms with Crippen LogP contribution < -0.4 is 16.4 Å². The molecule has 0 aliphatic rings. The fourth-order valence-corrected chi connectivity index (χ4v) is 1.34. The Morgan fingerprint density at radius 3 is 2.80 bits per heavy atom. The minimum Gasteiger partial charge on any atom is -0.338 e. The predicted molar refractivity (Wildman–Crippen MR) is 61.8 cm³/mol. The molecule has 0 bridgehead atoms. The van der Waals surface area contributed by atoms with Gasteiger partial charge >= 0.3 is 6.03 Å². The molecule has 82 valence electrons. The maximum Gasteiger partial charge on any atom is 0.319 e. The first-order chi connectivity index (χ1) is 7.17. The molecule has 0 unspecified atom stereocenters. The summed E-state index contributed by atoms with van der Waals surface area (Å²) < 4.78 is 0. The molecule has 2 amide bonds. The molecule has 0 saturated heterocycles. The zero-order chi connectivity index (χ0) is 11.3. The molecule has 4 N–H and O–H groups in total. The first-order valence-electron chi connectivity index (χ1n) is 5.01. The smallest absolute Gasteiger partial charge is 0.319 e. The van der Waals surface area contributed by atoms with Crippen LogP contribution in [0.4, 0.5) is 10.5 Å². The summed E-state index contributed by atoms with van der Waals surface area (Å²) in [7, 11) is 0. The van der Waals surface area contributed by atoms with Crippen LogP contribution in [0.5, 0.6) is 0 Å². The van der Waals surface area contributed by atoms with Gasteiger partial charge in [0.2, 0.25) is 0 Å². The third-order valence-corrected chi connectivity index (χ3v) is 2.07. The monoisotopic (exact) mass is 207 g/mol. The number of rotatable bonds is 3. The number of benzene rings is 1. The summed E-state index contributed by atoms with van der Waals surface area (Å²) in [6, 6.07) is 5.59. The zero-order valence-corrected chi connectivity index (χ0v) is 9.13. The van der Waals surface area contributed by atoms with E-state index in [1.165, 1.54) is 0 Å². The third kappa shape index (κ3) is 3.25. The Morgan fingerprint density at radius 1 is 1.47 bits per heavy atom. The lowest BCUT2D eigenvalue weighted by atomic mass is 10.1. The maximum atomic E-state index is 11.3. The molecule has 0 radical (unpaired) electrons. The second kappa shape index (κ2) is 5.36.